The van der Waals surface area contributed by atoms with Gasteiger partial charge in [0.1, 0.15) is 5.75 Å². The van der Waals surface area contributed by atoms with Crippen molar-refractivity contribution in [1.82, 2.24) is 15.3 Å². The van der Waals surface area contributed by atoms with Gasteiger partial charge in [0.25, 0.3) is 5.91 Å². The van der Waals surface area contributed by atoms with E-state index in [-0.39, 0.29) is 23.4 Å². The molecule has 8 heteroatoms. The van der Waals surface area contributed by atoms with Crippen molar-refractivity contribution < 1.29 is 14.6 Å². The highest BCUT2D eigenvalue weighted by Crippen LogP contribution is 2.21. The van der Waals surface area contributed by atoms with Gasteiger partial charge in [-0.2, -0.15) is 0 Å². The van der Waals surface area contributed by atoms with Crippen LogP contribution in [0.4, 0.5) is 5.95 Å². The van der Waals surface area contributed by atoms with E-state index in [4.69, 9.17) is 16.3 Å². The lowest BCUT2D eigenvalue weighted by Gasteiger charge is -2.17. The minimum absolute atomic E-state index is 0.0442. The first-order valence-electron chi connectivity index (χ1n) is 9.44. The van der Waals surface area contributed by atoms with E-state index in [0.717, 1.165) is 31.7 Å². The zero-order valence-corrected chi connectivity index (χ0v) is 16.8. The number of amides is 1. The molecule has 0 saturated carbocycles. The van der Waals surface area contributed by atoms with Gasteiger partial charge < -0.3 is 20.1 Å². The molecule has 2 N–H and O–H groups in total. The summed E-state index contributed by atoms with van der Waals surface area (Å²) < 4.78 is 5.59. The summed E-state index contributed by atoms with van der Waals surface area (Å²) in [4.78, 5) is 23.1. The van der Waals surface area contributed by atoms with Gasteiger partial charge in [-0.05, 0) is 44.4 Å². The average molecular weight is 405 g/mol. The van der Waals surface area contributed by atoms with Crippen molar-refractivity contribution in [2.24, 2.45) is 0 Å². The number of nitrogens with one attached hydrogen (secondary N) is 1. The third-order valence-corrected chi connectivity index (χ3v) is 4.70. The molecule has 1 atom stereocenters. The van der Waals surface area contributed by atoms with E-state index in [1.807, 2.05) is 18.7 Å². The lowest BCUT2D eigenvalue weighted by Crippen LogP contribution is -2.30. The number of aromatic nitrogens is 2. The van der Waals surface area contributed by atoms with Crippen LogP contribution in [0, 0.1) is 0 Å². The molecule has 1 fully saturated rings. The van der Waals surface area contributed by atoms with E-state index in [2.05, 4.69) is 15.3 Å². The van der Waals surface area contributed by atoms with Crippen LogP contribution in [0.2, 0.25) is 5.02 Å². The first-order valence-corrected chi connectivity index (χ1v) is 9.82. The lowest BCUT2D eigenvalue weighted by molar-refractivity contribution is 0.0911. The Morgan fingerprint density at radius 1 is 1.29 bits per heavy atom. The number of benzene rings is 1. The minimum atomic E-state index is -0.851. The molecule has 1 unspecified atom stereocenters. The van der Waals surface area contributed by atoms with Crippen LogP contribution in [-0.2, 0) is 0 Å². The molecule has 1 amide bonds. The number of hydrogen-bond acceptors (Lipinski definition) is 6. The second-order valence-electron chi connectivity index (χ2n) is 7.02. The van der Waals surface area contributed by atoms with E-state index in [1.165, 1.54) is 6.20 Å². The highest BCUT2D eigenvalue weighted by molar-refractivity contribution is 6.33. The molecule has 1 saturated heterocycles. The average Bonchev–Trinajstić information content (AvgIpc) is 3.21. The van der Waals surface area contributed by atoms with Gasteiger partial charge in [-0.15, -0.1) is 0 Å². The quantitative estimate of drug-likeness (QED) is 0.737. The van der Waals surface area contributed by atoms with Crippen LogP contribution in [0.25, 0.3) is 0 Å². The number of hydrogen-bond donors (Lipinski definition) is 2. The second kappa shape index (κ2) is 9.21. The maximum absolute atomic E-state index is 12.5. The molecule has 1 aliphatic rings. The maximum Gasteiger partial charge on any atom is 0.271 e. The van der Waals surface area contributed by atoms with Gasteiger partial charge >= 0.3 is 0 Å². The van der Waals surface area contributed by atoms with Crippen LogP contribution in [0.15, 0.2) is 30.5 Å². The van der Waals surface area contributed by atoms with E-state index in [0.29, 0.717) is 11.5 Å². The summed E-state index contributed by atoms with van der Waals surface area (Å²) in [7, 11) is 0. The van der Waals surface area contributed by atoms with Gasteiger partial charge in [0.2, 0.25) is 5.95 Å². The zero-order chi connectivity index (χ0) is 20.1. The fourth-order valence-electron chi connectivity index (χ4n) is 3.02. The second-order valence-corrected chi connectivity index (χ2v) is 7.43. The molecule has 0 aliphatic carbocycles. The largest absolute Gasteiger partial charge is 0.491 e. The lowest BCUT2D eigenvalue weighted by atomic mass is 10.1. The third kappa shape index (κ3) is 5.11. The summed E-state index contributed by atoms with van der Waals surface area (Å²) in [6, 6.07) is 7.14. The SMILES string of the molecule is CC(C)Oc1ccc(C(O)CNC(=O)c2nc(N3CCCC3)ncc2Cl)cc1. The molecule has 2 heterocycles. The van der Waals surface area contributed by atoms with Crippen molar-refractivity contribution in [2.45, 2.75) is 38.9 Å². The molecular formula is C20H25ClN4O3. The summed E-state index contributed by atoms with van der Waals surface area (Å²) in [5.41, 5.74) is 0.800. The number of ether oxygens (including phenoxy) is 1. The van der Waals surface area contributed by atoms with Crippen molar-refractivity contribution in [3.63, 3.8) is 0 Å². The molecule has 150 valence electrons. The Kier molecular flexibility index (Phi) is 6.70. The van der Waals surface area contributed by atoms with Crippen molar-refractivity contribution in [1.29, 1.82) is 0 Å². The molecule has 1 aromatic carbocycles. The molecule has 28 heavy (non-hydrogen) atoms. The standard InChI is InChI=1S/C20H25ClN4O3/c1-13(2)28-15-7-5-14(6-8-15)17(26)12-22-19(27)18-16(21)11-23-20(24-18)25-9-3-4-10-25/h5-8,11,13,17,26H,3-4,9-10,12H2,1-2H3,(H,22,27). The summed E-state index contributed by atoms with van der Waals surface area (Å²) in [5.74, 6) is 0.803. The van der Waals surface area contributed by atoms with Gasteiger partial charge in [0.15, 0.2) is 5.69 Å². The Morgan fingerprint density at radius 2 is 1.96 bits per heavy atom. The van der Waals surface area contributed by atoms with Gasteiger partial charge in [-0.25, -0.2) is 9.97 Å². The fourth-order valence-corrected chi connectivity index (χ4v) is 3.20. The first kappa shape index (κ1) is 20.4. The highest BCUT2D eigenvalue weighted by atomic mass is 35.5. The number of rotatable bonds is 7. The number of aliphatic hydroxyl groups excluding tert-OH is 1. The van der Waals surface area contributed by atoms with E-state index in [9.17, 15) is 9.90 Å². The smallest absolute Gasteiger partial charge is 0.271 e. The maximum atomic E-state index is 12.5. The van der Waals surface area contributed by atoms with E-state index in [1.54, 1.807) is 24.3 Å². The molecule has 0 spiro atoms. The van der Waals surface area contributed by atoms with Crippen LogP contribution >= 0.6 is 11.6 Å². The Labute approximate surface area is 169 Å². The Bertz CT molecular complexity index is 808. The van der Waals surface area contributed by atoms with Crippen LogP contribution in [0.1, 0.15) is 48.8 Å². The van der Waals surface area contributed by atoms with Gasteiger partial charge in [-0.3, -0.25) is 4.79 Å². The number of aliphatic hydroxyl groups is 1. The zero-order valence-electron chi connectivity index (χ0n) is 16.1. The summed E-state index contributed by atoms with van der Waals surface area (Å²) in [6.07, 6.45) is 2.84. The number of carbonyl (C=O) groups is 1. The number of nitrogens with zero attached hydrogens (tertiary/aromatic N) is 3. The number of anilines is 1. The topological polar surface area (TPSA) is 87.6 Å². The minimum Gasteiger partial charge on any atom is -0.491 e. The van der Waals surface area contributed by atoms with Crippen molar-refractivity contribution in [3.05, 3.63) is 46.7 Å². The van der Waals surface area contributed by atoms with Gasteiger partial charge in [0, 0.05) is 19.6 Å². The van der Waals surface area contributed by atoms with Gasteiger partial charge in [-0.1, -0.05) is 23.7 Å². The first-order chi connectivity index (χ1) is 13.4. The molecule has 0 radical (unpaired) electrons. The molecule has 1 aromatic heterocycles. The summed E-state index contributed by atoms with van der Waals surface area (Å²) in [6.45, 7) is 5.69. The predicted molar refractivity (Wildman–Crippen MR) is 108 cm³/mol. The van der Waals surface area contributed by atoms with Crippen LogP contribution in [-0.4, -0.2) is 46.7 Å². The predicted octanol–water partition coefficient (Wildman–Crippen LogP) is 2.98. The van der Waals surface area contributed by atoms with Crippen molar-refractivity contribution in [2.75, 3.05) is 24.5 Å². The Balaban J connectivity index is 1.61. The van der Waals surface area contributed by atoms with Crippen LogP contribution in [0.5, 0.6) is 5.75 Å². The van der Waals surface area contributed by atoms with E-state index >= 15 is 0 Å². The molecule has 3 rings (SSSR count). The summed E-state index contributed by atoms with van der Waals surface area (Å²) >= 11 is 6.11. The van der Waals surface area contributed by atoms with Gasteiger partial charge in [0.05, 0.1) is 23.4 Å². The van der Waals surface area contributed by atoms with E-state index < -0.39 is 12.0 Å². The van der Waals surface area contributed by atoms with Crippen molar-refractivity contribution in [3.8, 4) is 5.75 Å². The molecule has 2 aromatic rings. The fraction of sp³-hybridized carbons (Fsp3) is 0.450. The molecule has 7 nitrogen and oxygen atoms in total. The number of halogens is 1. The summed E-state index contributed by atoms with van der Waals surface area (Å²) in [5, 5.41) is 13.2. The Hall–Kier alpha value is -2.38. The molecule has 1 aliphatic heterocycles. The van der Waals surface area contributed by atoms with Crippen LogP contribution < -0.4 is 15.0 Å². The number of carbonyl (C=O) groups excluding carboxylic acids is 1. The van der Waals surface area contributed by atoms with Crippen molar-refractivity contribution >= 4 is 23.5 Å². The monoisotopic (exact) mass is 404 g/mol. The molecule has 0 bridgehead atoms. The van der Waals surface area contributed by atoms with Crippen LogP contribution in [0.3, 0.4) is 0 Å². The highest BCUT2D eigenvalue weighted by Gasteiger charge is 2.20. The Morgan fingerprint density at radius 3 is 2.61 bits per heavy atom. The third-order valence-electron chi connectivity index (χ3n) is 4.43. The normalized spacial score (nSPS) is 15.0. The molecular weight excluding hydrogens is 380 g/mol.